The smallest absolute Gasteiger partial charge is 0.395 e. The highest BCUT2D eigenvalue weighted by Crippen LogP contribution is 2.50. The van der Waals surface area contributed by atoms with Crippen LogP contribution in [0.5, 0.6) is 23.0 Å². The van der Waals surface area contributed by atoms with Crippen molar-refractivity contribution < 1.29 is 36.3 Å². The molecule has 0 saturated heterocycles. The number of benzene rings is 5. The second kappa shape index (κ2) is 32.6. The Balaban J connectivity index is 0. The normalized spacial score (nSPS) is 9.44. The van der Waals surface area contributed by atoms with E-state index >= 15 is 0 Å². The number of hydrogen-bond donors (Lipinski definition) is 0. The van der Waals surface area contributed by atoms with E-state index in [1.54, 1.807) is 97.1 Å². The topological polar surface area (TPSA) is 89.5 Å². The second-order valence-corrected chi connectivity index (χ2v) is 11.6. The average Bonchev–Trinajstić information content (AvgIpc) is 3.23. The van der Waals surface area contributed by atoms with Crippen molar-refractivity contribution in [1.82, 2.24) is 0 Å². The fourth-order valence-corrected chi connectivity index (χ4v) is 5.49. The predicted molar refractivity (Wildman–Crippen MR) is 218 cm³/mol. The van der Waals surface area contributed by atoms with Crippen LogP contribution in [-0.2, 0) is 24.8 Å². The summed E-state index contributed by atoms with van der Waals surface area (Å²) < 4.78 is 57.3. The van der Waals surface area contributed by atoms with Crippen LogP contribution in [0.4, 0.5) is 0 Å². The third-order valence-corrected chi connectivity index (χ3v) is 7.93. The third kappa shape index (κ3) is 21.8. The molecule has 286 valence electrons. The first-order chi connectivity index (χ1) is 25.5. The minimum atomic E-state index is -3.83. The maximum atomic E-state index is 13.1. The van der Waals surface area contributed by atoms with Crippen molar-refractivity contribution in [2.45, 2.75) is 75.8 Å². The van der Waals surface area contributed by atoms with Crippen LogP contribution in [0.15, 0.2) is 152 Å². The van der Waals surface area contributed by atoms with Crippen LogP contribution in [-0.4, -0.2) is 7.11 Å². The third-order valence-electron chi connectivity index (χ3n) is 5.30. The highest BCUT2D eigenvalue weighted by molar-refractivity contribution is 7.49. The van der Waals surface area contributed by atoms with Crippen molar-refractivity contribution in [3.63, 3.8) is 0 Å². The molecule has 0 heterocycles. The first kappa shape index (κ1) is 49.8. The van der Waals surface area contributed by atoms with Gasteiger partial charge in [-0.25, -0.2) is 9.13 Å². The molecular weight excluding hydrogens is 694 g/mol. The van der Waals surface area contributed by atoms with Gasteiger partial charge in [0.25, 0.3) is 0 Å². The zero-order chi connectivity index (χ0) is 39.5. The van der Waals surface area contributed by atoms with Crippen molar-refractivity contribution in [2.24, 2.45) is 0 Å². The van der Waals surface area contributed by atoms with Gasteiger partial charge >= 0.3 is 15.6 Å². The van der Waals surface area contributed by atoms with Crippen LogP contribution < -0.4 is 18.1 Å². The van der Waals surface area contributed by atoms with E-state index in [4.69, 9.17) is 27.1 Å². The number of phosphoric acid groups is 2. The molecule has 0 aliphatic rings. The summed E-state index contributed by atoms with van der Waals surface area (Å²) in [5.41, 5.74) is 0.881. The van der Waals surface area contributed by atoms with Gasteiger partial charge in [0, 0.05) is 7.11 Å². The lowest BCUT2D eigenvalue weighted by molar-refractivity contribution is 0.201. The first-order valence-electron chi connectivity index (χ1n) is 17.9. The molecule has 0 unspecified atom stereocenters. The Labute approximate surface area is 314 Å². The number of phosphoric ester groups is 2. The van der Waals surface area contributed by atoms with Gasteiger partial charge in [-0.2, -0.15) is 0 Å². The Morgan fingerprint density at radius 1 is 0.365 bits per heavy atom. The Hall–Kier alpha value is -4.32. The molecule has 52 heavy (non-hydrogen) atoms. The molecular formula is C42H60O8P2. The van der Waals surface area contributed by atoms with Crippen molar-refractivity contribution in [3.05, 3.63) is 157 Å². The van der Waals surface area contributed by atoms with Crippen LogP contribution in [0.1, 0.15) is 74.8 Å². The van der Waals surface area contributed by atoms with Gasteiger partial charge in [0.2, 0.25) is 0 Å². The van der Waals surface area contributed by atoms with Crippen molar-refractivity contribution in [1.29, 1.82) is 0 Å². The molecule has 5 aromatic rings. The summed E-state index contributed by atoms with van der Waals surface area (Å²) in [6.07, 6.45) is 0. The van der Waals surface area contributed by atoms with Crippen LogP contribution in [0, 0.1) is 0 Å². The molecule has 0 atom stereocenters. The number of para-hydroxylation sites is 4. The summed E-state index contributed by atoms with van der Waals surface area (Å²) in [6.45, 7) is 20.1. The highest BCUT2D eigenvalue weighted by Gasteiger charge is 2.31. The van der Waals surface area contributed by atoms with E-state index in [2.05, 4.69) is 0 Å². The molecule has 0 aliphatic carbocycles. The predicted octanol–water partition coefficient (Wildman–Crippen LogP) is 14.5. The number of rotatable bonds is 12. The van der Waals surface area contributed by atoms with Gasteiger partial charge in [-0.3, -0.25) is 9.05 Å². The summed E-state index contributed by atoms with van der Waals surface area (Å²) >= 11 is 0. The van der Waals surface area contributed by atoms with Crippen molar-refractivity contribution in [2.75, 3.05) is 7.11 Å². The highest BCUT2D eigenvalue weighted by atomic mass is 31.2. The van der Waals surface area contributed by atoms with E-state index in [-0.39, 0.29) is 6.61 Å². The van der Waals surface area contributed by atoms with Crippen LogP contribution in [0.25, 0.3) is 0 Å². The summed E-state index contributed by atoms with van der Waals surface area (Å²) in [5, 5.41) is 0. The first-order valence-corrected chi connectivity index (χ1v) is 20.8. The fraction of sp³-hybridized carbons (Fsp3) is 0.286. The van der Waals surface area contributed by atoms with E-state index in [1.165, 1.54) is 7.11 Å². The minimum Gasteiger partial charge on any atom is -0.395 e. The van der Waals surface area contributed by atoms with Gasteiger partial charge in [-0.05, 0) is 54.1 Å². The maximum absolute atomic E-state index is 13.1. The zero-order valence-corrected chi connectivity index (χ0v) is 34.6. The fourth-order valence-electron chi connectivity index (χ4n) is 3.33. The van der Waals surface area contributed by atoms with Gasteiger partial charge in [-0.1, -0.05) is 172 Å². The Bertz CT molecular complexity index is 1470. The van der Waals surface area contributed by atoms with Gasteiger partial charge in [0.1, 0.15) is 23.0 Å². The summed E-state index contributed by atoms with van der Waals surface area (Å²) in [4.78, 5) is 0. The largest absolute Gasteiger partial charge is 0.587 e. The number of hydrogen-bond acceptors (Lipinski definition) is 8. The summed E-state index contributed by atoms with van der Waals surface area (Å²) in [7, 11) is -6.19. The van der Waals surface area contributed by atoms with Gasteiger partial charge < -0.3 is 18.1 Å². The van der Waals surface area contributed by atoms with Crippen LogP contribution >= 0.6 is 15.6 Å². The average molecular weight is 755 g/mol. The Kier molecular flexibility index (Phi) is 31.2. The molecule has 0 spiro atoms. The van der Waals surface area contributed by atoms with E-state index < -0.39 is 15.6 Å². The van der Waals surface area contributed by atoms with Crippen molar-refractivity contribution in [3.8, 4) is 23.0 Å². The molecule has 5 aromatic carbocycles. The molecule has 0 bridgehead atoms. The lowest BCUT2D eigenvalue weighted by atomic mass is 10.2. The molecule has 0 aliphatic heterocycles. The van der Waals surface area contributed by atoms with E-state index in [0.29, 0.717) is 23.0 Å². The zero-order valence-electron chi connectivity index (χ0n) is 32.8. The maximum Gasteiger partial charge on any atom is 0.587 e. The molecule has 5 rings (SSSR count). The van der Waals surface area contributed by atoms with Gasteiger partial charge in [0.05, 0.1) is 6.61 Å². The molecule has 0 N–H and O–H groups in total. The van der Waals surface area contributed by atoms with Gasteiger partial charge in [0.15, 0.2) is 0 Å². The molecule has 0 saturated carbocycles. The second-order valence-electron chi connectivity index (χ2n) is 8.45. The minimum absolute atomic E-state index is 0.123. The van der Waals surface area contributed by atoms with Gasteiger partial charge in [-0.15, -0.1) is 0 Å². The summed E-state index contributed by atoms with van der Waals surface area (Å²) in [6, 6.07) is 44.6. The molecule has 0 fully saturated rings. The van der Waals surface area contributed by atoms with Crippen LogP contribution in [0.3, 0.4) is 0 Å². The lowest BCUT2D eigenvalue weighted by Gasteiger charge is -2.19. The lowest BCUT2D eigenvalue weighted by Crippen LogP contribution is -2.05. The van der Waals surface area contributed by atoms with Crippen LogP contribution in [0.2, 0.25) is 0 Å². The van der Waals surface area contributed by atoms with E-state index in [1.807, 2.05) is 124 Å². The standard InChI is InChI=1S/C19H17O4P.C13H13O4P.5C2H6/c20-24(22-18-12-6-2-7-13-18,23-19-14-8-3-9-15-19)21-16-17-10-4-1-5-11-17;1-15-18(14,16-12-8-4-2-5-9-12)17-13-10-6-3-7-11-13;5*1-2/h1-15H,16H2;2-11H,1H3;5*1-2H3. The molecule has 0 amide bonds. The molecule has 0 aromatic heterocycles. The molecule has 10 heteroatoms. The molecule has 8 nitrogen and oxygen atoms in total. The molecule has 0 radical (unpaired) electrons. The Morgan fingerprint density at radius 2 is 0.596 bits per heavy atom. The SMILES string of the molecule is CC.CC.CC.CC.CC.COP(=O)(Oc1ccccc1)Oc1ccccc1.O=P(OCc1ccccc1)(Oc1ccccc1)Oc1ccccc1. The van der Waals surface area contributed by atoms with E-state index in [9.17, 15) is 9.13 Å². The summed E-state index contributed by atoms with van der Waals surface area (Å²) in [5.74, 6) is 1.70. The Morgan fingerprint density at radius 3 is 0.846 bits per heavy atom. The quantitative estimate of drug-likeness (QED) is 0.116. The van der Waals surface area contributed by atoms with E-state index in [0.717, 1.165) is 5.56 Å². The monoisotopic (exact) mass is 754 g/mol. The van der Waals surface area contributed by atoms with Crippen molar-refractivity contribution >= 4 is 15.6 Å².